The molecule has 1 heterocycles. The van der Waals surface area contributed by atoms with E-state index < -0.39 is 0 Å². The van der Waals surface area contributed by atoms with Crippen molar-refractivity contribution in [2.45, 2.75) is 26.2 Å². The zero-order chi connectivity index (χ0) is 6.69. The molecule has 1 aliphatic heterocycles. The van der Waals surface area contributed by atoms with Gasteiger partial charge in [0.15, 0.2) is 0 Å². The van der Waals surface area contributed by atoms with E-state index in [0.29, 0.717) is 5.92 Å². The van der Waals surface area contributed by atoms with E-state index in [2.05, 4.69) is 12.2 Å². The zero-order valence-electron chi connectivity index (χ0n) is 5.91. The highest BCUT2D eigenvalue weighted by molar-refractivity contribution is 5.81. The summed E-state index contributed by atoms with van der Waals surface area (Å²) in [5, 5.41) is 10.5. The lowest BCUT2D eigenvalue weighted by atomic mass is 10.1. The standard InChI is InChI=1S/C7H14N2/c1-6-4-2-3-5-9-7(6)8/h6H,2-5H2,1H3,(H2,8,9). The Morgan fingerprint density at radius 3 is 3.11 bits per heavy atom. The van der Waals surface area contributed by atoms with Gasteiger partial charge >= 0.3 is 0 Å². The molecule has 0 amide bonds. The van der Waals surface area contributed by atoms with Crippen LogP contribution in [0.25, 0.3) is 0 Å². The fraction of sp³-hybridized carbons (Fsp3) is 0.857. The molecule has 0 aromatic carbocycles. The summed E-state index contributed by atoms with van der Waals surface area (Å²) in [6.07, 6.45) is 3.69. The molecule has 1 saturated heterocycles. The van der Waals surface area contributed by atoms with Crippen LogP contribution in [0.3, 0.4) is 0 Å². The largest absolute Gasteiger partial charge is 0.374 e. The molecule has 1 atom stereocenters. The molecule has 1 rings (SSSR count). The molecule has 2 nitrogen and oxygen atoms in total. The lowest BCUT2D eigenvalue weighted by Gasteiger charge is -2.07. The molecule has 1 unspecified atom stereocenters. The monoisotopic (exact) mass is 126 g/mol. The predicted molar refractivity (Wildman–Crippen MR) is 38.7 cm³/mol. The second-order valence-corrected chi connectivity index (χ2v) is 2.74. The maximum atomic E-state index is 7.42. The van der Waals surface area contributed by atoms with Crippen molar-refractivity contribution in [2.24, 2.45) is 5.92 Å². The van der Waals surface area contributed by atoms with Crippen molar-refractivity contribution in [1.29, 1.82) is 5.41 Å². The minimum Gasteiger partial charge on any atom is -0.374 e. The number of rotatable bonds is 0. The van der Waals surface area contributed by atoms with Gasteiger partial charge in [-0.2, -0.15) is 0 Å². The van der Waals surface area contributed by atoms with Crippen molar-refractivity contribution < 1.29 is 0 Å². The van der Waals surface area contributed by atoms with Gasteiger partial charge in [-0.25, -0.2) is 0 Å². The van der Waals surface area contributed by atoms with Gasteiger partial charge in [0.05, 0.1) is 5.84 Å². The Kier molecular flexibility index (Phi) is 2.09. The smallest absolute Gasteiger partial charge is 0.0960 e. The molecule has 1 fully saturated rings. The summed E-state index contributed by atoms with van der Waals surface area (Å²) < 4.78 is 0. The minimum absolute atomic E-state index is 0.465. The topological polar surface area (TPSA) is 35.9 Å². The first-order valence-electron chi connectivity index (χ1n) is 3.63. The van der Waals surface area contributed by atoms with Crippen LogP contribution < -0.4 is 5.32 Å². The van der Waals surface area contributed by atoms with Gasteiger partial charge in [-0.3, -0.25) is 5.41 Å². The minimum atomic E-state index is 0.465. The molecular formula is C7H14N2. The fourth-order valence-corrected chi connectivity index (χ4v) is 1.12. The zero-order valence-corrected chi connectivity index (χ0v) is 5.91. The quantitative estimate of drug-likeness (QED) is 0.505. The molecule has 0 radical (unpaired) electrons. The second-order valence-electron chi connectivity index (χ2n) is 2.74. The van der Waals surface area contributed by atoms with Crippen LogP contribution in [0.15, 0.2) is 0 Å². The lowest BCUT2D eigenvalue weighted by molar-refractivity contribution is 0.637. The van der Waals surface area contributed by atoms with Crippen LogP contribution in [0.5, 0.6) is 0 Å². The third-order valence-corrected chi connectivity index (χ3v) is 1.87. The highest BCUT2D eigenvalue weighted by Crippen LogP contribution is 2.10. The molecule has 2 N–H and O–H groups in total. The highest BCUT2D eigenvalue weighted by atomic mass is 14.9. The summed E-state index contributed by atoms with van der Waals surface area (Å²) in [5.74, 6) is 1.19. The van der Waals surface area contributed by atoms with Crippen molar-refractivity contribution in [3.63, 3.8) is 0 Å². The predicted octanol–water partition coefficient (Wildman–Crippen LogP) is 1.37. The van der Waals surface area contributed by atoms with Gasteiger partial charge in [0.1, 0.15) is 0 Å². The van der Waals surface area contributed by atoms with Crippen molar-refractivity contribution in [3.8, 4) is 0 Å². The Morgan fingerprint density at radius 1 is 1.56 bits per heavy atom. The van der Waals surface area contributed by atoms with Crippen LogP contribution in [0.4, 0.5) is 0 Å². The first-order chi connectivity index (χ1) is 4.30. The van der Waals surface area contributed by atoms with E-state index in [9.17, 15) is 0 Å². The van der Waals surface area contributed by atoms with Gasteiger partial charge in [-0.15, -0.1) is 0 Å². The average Bonchev–Trinajstić information content (AvgIpc) is 1.99. The Labute approximate surface area is 56.2 Å². The molecule has 0 aliphatic carbocycles. The van der Waals surface area contributed by atoms with E-state index in [1.54, 1.807) is 0 Å². The number of hydrogen-bond acceptors (Lipinski definition) is 1. The SMILES string of the molecule is CC1CCCCNC1=N. The van der Waals surface area contributed by atoms with Crippen LogP contribution in [-0.2, 0) is 0 Å². The van der Waals surface area contributed by atoms with Crippen LogP contribution in [-0.4, -0.2) is 12.4 Å². The summed E-state index contributed by atoms with van der Waals surface area (Å²) in [7, 11) is 0. The normalized spacial score (nSPS) is 29.0. The highest BCUT2D eigenvalue weighted by Gasteiger charge is 2.10. The second kappa shape index (κ2) is 2.85. The molecular weight excluding hydrogens is 112 g/mol. The molecule has 52 valence electrons. The van der Waals surface area contributed by atoms with Crippen LogP contribution in [0.2, 0.25) is 0 Å². The Bertz CT molecular complexity index is 109. The maximum Gasteiger partial charge on any atom is 0.0960 e. The third kappa shape index (κ3) is 1.70. The van der Waals surface area contributed by atoms with Crippen LogP contribution in [0.1, 0.15) is 26.2 Å². The van der Waals surface area contributed by atoms with Crippen molar-refractivity contribution in [2.75, 3.05) is 6.54 Å². The van der Waals surface area contributed by atoms with Crippen molar-refractivity contribution in [3.05, 3.63) is 0 Å². The van der Waals surface area contributed by atoms with Crippen LogP contribution >= 0.6 is 0 Å². The van der Waals surface area contributed by atoms with Gasteiger partial charge in [0.2, 0.25) is 0 Å². The van der Waals surface area contributed by atoms with Gasteiger partial charge in [0, 0.05) is 12.5 Å². The van der Waals surface area contributed by atoms with Gasteiger partial charge in [-0.05, 0) is 12.8 Å². The molecule has 0 saturated carbocycles. The lowest BCUT2D eigenvalue weighted by Crippen LogP contribution is -2.26. The molecule has 1 aliphatic rings. The first kappa shape index (κ1) is 6.59. The summed E-state index contributed by atoms with van der Waals surface area (Å²) in [6, 6.07) is 0. The molecule has 9 heavy (non-hydrogen) atoms. The maximum absolute atomic E-state index is 7.42. The summed E-state index contributed by atoms with van der Waals surface area (Å²) in [5.41, 5.74) is 0. The van der Waals surface area contributed by atoms with E-state index >= 15 is 0 Å². The van der Waals surface area contributed by atoms with E-state index in [0.717, 1.165) is 12.4 Å². The van der Waals surface area contributed by atoms with E-state index in [4.69, 9.17) is 5.41 Å². The van der Waals surface area contributed by atoms with Gasteiger partial charge in [-0.1, -0.05) is 13.3 Å². The first-order valence-corrected chi connectivity index (χ1v) is 3.63. The molecule has 0 spiro atoms. The third-order valence-electron chi connectivity index (χ3n) is 1.87. The number of hydrogen-bond donors (Lipinski definition) is 2. The fourth-order valence-electron chi connectivity index (χ4n) is 1.12. The molecule has 0 bridgehead atoms. The summed E-state index contributed by atoms with van der Waals surface area (Å²) in [4.78, 5) is 0. The van der Waals surface area contributed by atoms with Gasteiger partial charge < -0.3 is 5.32 Å². The Hall–Kier alpha value is -0.530. The Balaban J connectivity index is 2.41. The van der Waals surface area contributed by atoms with Crippen molar-refractivity contribution >= 4 is 5.84 Å². The summed E-state index contributed by atoms with van der Waals surface area (Å²) in [6.45, 7) is 3.11. The Morgan fingerprint density at radius 2 is 2.33 bits per heavy atom. The molecule has 2 heteroatoms. The number of nitrogens with one attached hydrogen (secondary N) is 2. The van der Waals surface area contributed by atoms with E-state index in [-0.39, 0.29) is 0 Å². The van der Waals surface area contributed by atoms with Gasteiger partial charge in [0.25, 0.3) is 0 Å². The van der Waals surface area contributed by atoms with E-state index in [1.807, 2.05) is 0 Å². The average molecular weight is 126 g/mol. The molecule has 0 aromatic heterocycles. The van der Waals surface area contributed by atoms with Crippen LogP contribution in [0, 0.1) is 11.3 Å². The summed E-state index contributed by atoms with van der Waals surface area (Å²) >= 11 is 0. The number of amidine groups is 1. The molecule has 0 aromatic rings. The van der Waals surface area contributed by atoms with Crippen molar-refractivity contribution in [1.82, 2.24) is 5.32 Å². The van der Waals surface area contributed by atoms with E-state index in [1.165, 1.54) is 19.3 Å².